The first-order chi connectivity index (χ1) is 11.8. The van der Waals surface area contributed by atoms with Gasteiger partial charge in [-0.25, -0.2) is 0 Å². The van der Waals surface area contributed by atoms with Crippen LogP contribution in [0.25, 0.3) is 33.2 Å². The van der Waals surface area contributed by atoms with Crippen molar-refractivity contribution in [3.63, 3.8) is 0 Å². The average molecular weight is 319 g/mol. The van der Waals surface area contributed by atoms with Gasteiger partial charge in [0.05, 0.1) is 11.2 Å². The standard InChI is InChI=1S/C19H21N5/c1-24-18-8-3-2-6-14(18)19(23-24)17-11-15-13(12-21-10-9-20)5-4-7-16(15)22-17/h2-8,11,21-22H,9-10,12,20H2,1H3. The third-order valence-corrected chi connectivity index (χ3v) is 4.40. The van der Waals surface area contributed by atoms with Crippen LogP contribution < -0.4 is 11.1 Å². The molecule has 0 aliphatic heterocycles. The van der Waals surface area contributed by atoms with Gasteiger partial charge in [-0.05, 0) is 23.8 Å². The zero-order valence-corrected chi connectivity index (χ0v) is 13.7. The van der Waals surface area contributed by atoms with Crippen LogP contribution >= 0.6 is 0 Å². The van der Waals surface area contributed by atoms with Crippen LogP contribution in [0.1, 0.15) is 5.56 Å². The fourth-order valence-electron chi connectivity index (χ4n) is 3.24. The predicted molar refractivity (Wildman–Crippen MR) is 98.8 cm³/mol. The lowest BCUT2D eigenvalue weighted by Crippen LogP contribution is -2.21. The van der Waals surface area contributed by atoms with Gasteiger partial charge < -0.3 is 16.0 Å². The molecule has 0 fully saturated rings. The molecule has 0 saturated heterocycles. The van der Waals surface area contributed by atoms with E-state index in [0.29, 0.717) is 6.54 Å². The molecule has 2 aromatic carbocycles. The number of benzene rings is 2. The Morgan fingerprint density at radius 1 is 1.12 bits per heavy atom. The number of H-pyrrole nitrogens is 1. The van der Waals surface area contributed by atoms with Gasteiger partial charge in [-0.3, -0.25) is 4.68 Å². The fourth-order valence-corrected chi connectivity index (χ4v) is 3.24. The first-order valence-electron chi connectivity index (χ1n) is 8.21. The van der Waals surface area contributed by atoms with Crippen LogP contribution in [0, 0.1) is 0 Å². The normalized spacial score (nSPS) is 11.6. The molecule has 0 bridgehead atoms. The smallest absolute Gasteiger partial charge is 0.116 e. The van der Waals surface area contributed by atoms with Crippen LogP contribution in [-0.2, 0) is 13.6 Å². The summed E-state index contributed by atoms with van der Waals surface area (Å²) in [7, 11) is 1.98. The first-order valence-corrected chi connectivity index (χ1v) is 8.21. The number of para-hydroxylation sites is 1. The van der Waals surface area contributed by atoms with E-state index >= 15 is 0 Å². The zero-order chi connectivity index (χ0) is 16.5. The molecule has 2 aromatic heterocycles. The Morgan fingerprint density at radius 3 is 2.88 bits per heavy atom. The first kappa shape index (κ1) is 14.9. The Balaban J connectivity index is 1.81. The minimum absolute atomic E-state index is 0.647. The topological polar surface area (TPSA) is 71.7 Å². The highest BCUT2D eigenvalue weighted by atomic mass is 15.3. The van der Waals surface area contributed by atoms with Gasteiger partial charge in [0.15, 0.2) is 0 Å². The molecule has 0 unspecified atom stereocenters. The van der Waals surface area contributed by atoms with Gasteiger partial charge >= 0.3 is 0 Å². The second-order valence-electron chi connectivity index (χ2n) is 6.02. The summed E-state index contributed by atoms with van der Waals surface area (Å²) in [5.41, 5.74) is 11.1. The Labute approximate surface area is 140 Å². The molecule has 4 rings (SSSR count). The minimum atomic E-state index is 0.647. The largest absolute Gasteiger partial charge is 0.353 e. The van der Waals surface area contributed by atoms with Gasteiger partial charge in [0, 0.05) is 43.0 Å². The van der Waals surface area contributed by atoms with Gasteiger partial charge in [-0.2, -0.15) is 5.10 Å². The summed E-state index contributed by atoms with van der Waals surface area (Å²) in [5, 5.41) is 10.5. The number of fused-ring (bicyclic) bond motifs is 2. The Bertz CT molecular complexity index is 996. The molecule has 0 atom stereocenters. The van der Waals surface area contributed by atoms with Crippen LogP contribution in [0.3, 0.4) is 0 Å². The highest BCUT2D eigenvalue weighted by Crippen LogP contribution is 2.30. The van der Waals surface area contributed by atoms with E-state index in [0.717, 1.165) is 40.9 Å². The molecule has 5 nitrogen and oxygen atoms in total. The molecule has 0 radical (unpaired) electrons. The lowest BCUT2D eigenvalue weighted by Gasteiger charge is -2.04. The molecular weight excluding hydrogens is 298 g/mol. The number of aryl methyl sites for hydroxylation is 1. The molecule has 0 saturated carbocycles. The number of aromatic nitrogens is 3. The number of hydrogen-bond acceptors (Lipinski definition) is 3. The maximum absolute atomic E-state index is 5.56. The van der Waals surface area contributed by atoms with Crippen molar-refractivity contribution < 1.29 is 0 Å². The Hall–Kier alpha value is -2.63. The van der Waals surface area contributed by atoms with E-state index in [9.17, 15) is 0 Å². The van der Waals surface area contributed by atoms with Gasteiger partial charge in [0.25, 0.3) is 0 Å². The van der Waals surface area contributed by atoms with E-state index in [1.165, 1.54) is 10.9 Å². The maximum Gasteiger partial charge on any atom is 0.116 e. The zero-order valence-electron chi connectivity index (χ0n) is 13.7. The van der Waals surface area contributed by atoms with Crippen LogP contribution in [0.15, 0.2) is 48.5 Å². The molecule has 0 amide bonds. The van der Waals surface area contributed by atoms with Gasteiger partial charge in [-0.1, -0.05) is 30.3 Å². The van der Waals surface area contributed by atoms with Crippen molar-refractivity contribution in [2.45, 2.75) is 6.54 Å². The third-order valence-electron chi connectivity index (χ3n) is 4.40. The summed E-state index contributed by atoms with van der Waals surface area (Å²) in [6, 6.07) is 16.8. The number of aromatic amines is 1. The average Bonchev–Trinajstić information content (AvgIpc) is 3.17. The monoisotopic (exact) mass is 319 g/mol. The molecule has 4 N–H and O–H groups in total. The second kappa shape index (κ2) is 6.11. The molecular formula is C19H21N5. The molecule has 122 valence electrons. The number of nitrogens with one attached hydrogen (secondary N) is 2. The number of nitrogens with zero attached hydrogens (tertiary/aromatic N) is 2. The lowest BCUT2D eigenvalue weighted by atomic mass is 10.1. The van der Waals surface area contributed by atoms with Crippen LogP contribution in [-0.4, -0.2) is 27.9 Å². The second-order valence-corrected chi connectivity index (χ2v) is 6.02. The van der Waals surface area contributed by atoms with Crippen molar-refractivity contribution in [1.29, 1.82) is 0 Å². The van der Waals surface area contributed by atoms with Gasteiger partial charge in [0.1, 0.15) is 5.69 Å². The SMILES string of the molecule is Cn1nc(-c2cc3c(CNCCN)cccc3[nH]2)c2ccccc21. The fraction of sp³-hybridized carbons (Fsp3) is 0.211. The van der Waals surface area contributed by atoms with Gasteiger partial charge in [0.2, 0.25) is 0 Å². The highest BCUT2D eigenvalue weighted by molar-refractivity contribution is 5.96. The summed E-state index contributed by atoms with van der Waals surface area (Å²) in [6.07, 6.45) is 0. The summed E-state index contributed by atoms with van der Waals surface area (Å²) in [4.78, 5) is 3.52. The lowest BCUT2D eigenvalue weighted by molar-refractivity contribution is 0.698. The molecule has 5 heteroatoms. The Morgan fingerprint density at radius 2 is 2.00 bits per heavy atom. The van der Waals surface area contributed by atoms with Crippen molar-refractivity contribution in [2.24, 2.45) is 12.8 Å². The number of hydrogen-bond donors (Lipinski definition) is 3. The molecule has 24 heavy (non-hydrogen) atoms. The van der Waals surface area contributed by atoms with Crippen molar-refractivity contribution in [1.82, 2.24) is 20.1 Å². The third kappa shape index (κ3) is 2.48. The molecule has 0 aliphatic carbocycles. The summed E-state index contributed by atoms with van der Waals surface area (Å²) in [5.74, 6) is 0. The van der Waals surface area contributed by atoms with E-state index < -0.39 is 0 Å². The maximum atomic E-state index is 5.56. The molecule has 0 aliphatic rings. The summed E-state index contributed by atoms with van der Waals surface area (Å²) >= 11 is 0. The quantitative estimate of drug-likeness (QED) is 0.495. The van der Waals surface area contributed by atoms with Crippen molar-refractivity contribution in [3.8, 4) is 11.4 Å². The van der Waals surface area contributed by atoms with E-state index in [2.05, 4.69) is 52.8 Å². The van der Waals surface area contributed by atoms with E-state index in [1.807, 2.05) is 17.8 Å². The van der Waals surface area contributed by atoms with E-state index in [4.69, 9.17) is 10.8 Å². The highest BCUT2D eigenvalue weighted by Gasteiger charge is 2.13. The summed E-state index contributed by atoms with van der Waals surface area (Å²) in [6.45, 7) is 2.28. The minimum Gasteiger partial charge on any atom is -0.353 e. The van der Waals surface area contributed by atoms with Crippen molar-refractivity contribution in [3.05, 3.63) is 54.1 Å². The van der Waals surface area contributed by atoms with E-state index in [-0.39, 0.29) is 0 Å². The predicted octanol–water partition coefficient (Wildman–Crippen LogP) is 2.77. The van der Waals surface area contributed by atoms with Crippen LogP contribution in [0.5, 0.6) is 0 Å². The number of rotatable bonds is 5. The van der Waals surface area contributed by atoms with E-state index in [1.54, 1.807) is 0 Å². The van der Waals surface area contributed by atoms with Crippen LogP contribution in [0.4, 0.5) is 0 Å². The number of nitrogens with two attached hydrogens (primary N) is 1. The molecule has 0 spiro atoms. The molecule has 2 heterocycles. The van der Waals surface area contributed by atoms with Crippen molar-refractivity contribution >= 4 is 21.8 Å². The van der Waals surface area contributed by atoms with Crippen LogP contribution in [0.2, 0.25) is 0 Å². The summed E-state index contributed by atoms with van der Waals surface area (Å²) < 4.78 is 1.93. The van der Waals surface area contributed by atoms with Gasteiger partial charge in [-0.15, -0.1) is 0 Å². The Kier molecular flexibility index (Phi) is 3.80. The van der Waals surface area contributed by atoms with Crippen molar-refractivity contribution in [2.75, 3.05) is 13.1 Å². The molecule has 4 aromatic rings.